The zero-order valence-electron chi connectivity index (χ0n) is 12.6. The van der Waals surface area contributed by atoms with E-state index < -0.39 is 31.0 Å². The van der Waals surface area contributed by atoms with Gasteiger partial charge in [0.25, 0.3) is 6.43 Å². The summed E-state index contributed by atoms with van der Waals surface area (Å²) in [4.78, 5) is 17.0. The summed E-state index contributed by atoms with van der Waals surface area (Å²) in [6.45, 7) is 0.135. The smallest absolute Gasteiger partial charge is 0.416 e. The van der Waals surface area contributed by atoms with Crippen LogP contribution in [0.5, 0.6) is 5.75 Å². The van der Waals surface area contributed by atoms with E-state index >= 15 is 0 Å². The maximum Gasteiger partial charge on any atom is 0.416 e. The Morgan fingerprint density at radius 2 is 2.12 bits per heavy atom. The van der Waals surface area contributed by atoms with Gasteiger partial charge in [0.15, 0.2) is 17.4 Å². The van der Waals surface area contributed by atoms with Crippen LogP contribution in [-0.4, -0.2) is 41.3 Å². The van der Waals surface area contributed by atoms with Gasteiger partial charge in [-0.05, 0) is 34.7 Å². The molecule has 6 nitrogen and oxygen atoms in total. The Labute approximate surface area is 153 Å². The van der Waals surface area contributed by atoms with Crippen LogP contribution in [-0.2, 0) is 11.3 Å². The fourth-order valence-electron chi connectivity index (χ4n) is 2.88. The maximum absolute atomic E-state index is 14.3. The van der Waals surface area contributed by atoms with Gasteiger partial charge in [0, 0.05) is 6.20 Å². The normalized spacial score (nSPS) is 19.3. The Balaban J connectivity index is 1.82. The van der Waals surface area contributed by atoms with Crippen molar-refractivity contribution in [3.8, 4) is 17.1 Å². The number of carbonyl (C=O) groups is 1. The van der Waals surface area contributed by atoms with Crippen LogP contribution in [0.25, 0.3) is 11.4 Å². The number of hydrogen-bond acceptors (Lipinski definition) is 4. The molecule has 0 aliphatic carbocycles. The van der Waals surface area contributed by atoms with Crippen LogP contribution in [0.2, 0.25) is 0 Å². The second kappa shape index (κ2) is 6.07. The van der Waals surface area contributed by atoms with Gasteiger partial charge >= 0.3 is 6.09 Å². The van der Waals surface area contributed by atoms with Crippen LogP contribution in [0, 0.1) is 9.39 Å². The molecule has 0 saturated carbocycles. The zero-order chi connectivity index (χ0) is 17.7. The molecule has 1 amide bonds. The summed E-state index contributed by atoms with van der Waals surface area (Å²) in [6.07, 6.45) is -2.16. The first-order valence-corrected chi connectivity index (χ1v) is 8.47. The summed E-state index contributed by atoms with van der Waals surface area (Å²) in [5.41, 5.74) is 0.405. The summed E-state index contributed by atoms with van der Waals surface area (Å²) in [5, 5.41) is 0. The Hall–Kier alpha value is -1.98. The number of cyclic esters (lactones) is 1. The molecule has 1 fully saturated rings. The van der Waals surface area contributed by atoms with E-state index in [0.717, 1.165) is 4.90 Å². The first kappa shape index (κ1) is 16.5. The predicted molar refractivity (Wildman–Crippen MR) is 89.5 cm³/mol. The molecule has 1 saturated heterocycles. The Morgan fingerprint density at radius 1 is 1.32 bits per heavy atom. The summed E-state index contributed by atoms with van der Waals surface area (Å²) in [7, 11) is 0. The Bertz CT molecular complexity index is 858. The number of aromatic nitrogens is 2. The molecule has 25 heavy (non-hydrogen) atoms. The first-order valence-electron chi connectivity index (χ1n) is 7.40. The van der Waals surface area contributed by atoms with Crippen molar-refractivity contribution in [1.82, 2.24) is 9.55 Å². The molecule has 0 spiro atoms. The number of halogens is 4. The molecular weight excluding hydrogens is 454 g/mol. The van der Waals surface area contributed by atoms with Crippen LogP contribution in [0.3, 0.4) is 0 Å². The van der Waals surface area contributed by atoms with Gasteiger partial charge in [0.1, 0.15) is 25.1 Å². The second-order valence-corrected chi connectivity index (χ2v) is 6.71. The topological polar surface area (TPSA) is 56.6 Å². The molecule has 3 heterocycles. The van der Waals surface area contributed by atoms with Crippen LogP contribution in [0.4, 0.5) is 23.8 Å². The number of amides is 1. The minimum Gasteiger partial charge on any atom is -0.488 e. The highest BCUT2D eigenvalue weighted by molar-refractivity contribution is 14.1. The molecule has 132 valence electrons. The molecular formula is C15H11F3IN3O3. The second-order valence-electron chi connectivity index (χ2n) is 5.55. The lowest BCUT2D eigenvalue weighted by atomic mass is 10.2. The van der Waals surface area contributed by atoms with Crippen LogP contribution in [0.15, 0.2) is 18.3 Å². The summed E-state index contributed by atoms with van der Waals surface area (Å²) in [6, 6.07) is 1.84. The van der Waals surface area contributed by atoms with Crippen molar-refractivity contribution in [1.29, 1.82) is 0 Å². The molecule has 10 heteroatoms. The van der Waals surface area contributed by atoms with Crippen LogP contribution < -0.4 is 9.64 Å². The SMILES string of the molecule is O=C1OC[C@@H](C(F)F)N1c1cn2c(n1)-c1ccc(I)c(F)c1OCC2. The first-order chi connectivity index (χ1) is 12.0. The average molecular weight is 465 g/mol. The average Bonchev–Trinajstić information content (AvgIpc) is 3.11. The molecule has 1 aromatic heterocycles. The number of anilines is 1. The van der Waals surface area contributed by atoms with Crippen molar-refractivity contribution in [2.45, 2.75) is 19.0 Å². The summed E-state index contributed by atoms with van der Waals surface area (Å²) < 4.78 is 52.9. The maximum atomic E-state index is 14.3. The van der Waals surface area contributed by atoms with E-state index in [-0.39, 0.29) is 18.2 Å². The summed E-state index contributed by atoms with van der Waals surface area (Å²) >= 11 is 1.86. The lowest BCUT2D eigenvalue weighted by molar-refractivity contribution is 0.104. The Kier molecular flexibility index (Phi) is 4.01. The van der Waals surface area contributed by atoms with E-state index in [2.05, 4.69) is 4.98 Å². The van der Waals surface area contributed by atoms with E-state index in [1.165, 1.54) is 6.20 Å². The number of ether oxygens (including phenoxy) is 2. The molecule has 4 rings (SSSR count). The molecule has 2 aromatic rings. The number of carbonyl (C=O) groups excluding carboxylic acids is 1. The lowest BCUT2D eigenvalue weighted by Crippen LogP contribution is -2.38. The van der Waals surface area contributed by atoms with Gasteiger partial charge in [0.2, 0.25) is 0 Å². The minimum atomic E-state index is -2.76. The quantitative estimate of drug-likeness (QED) is 0.640. The lowest BCUT2D eigenvalue weighted by Gasteiger charge is -2.17. The highest BCUT2D eigenvalue weighted by atomic mass is 127. The van der Waals surface area contributed by atoms with Gasteiger partial charge in [-0.3, -0.25) is 0 Å². The third-order valence-electron chi connectivity index (χ3n) is 4.08. The highest BCUT2D eigenvalue weighted by Crippen LogP contribution is 2.38. The molecule has 1 atom stereocenters. The number of imidazole rings is 1. The van der Waals surface area contributed by atoms with Crippen molar-refractivity contribution in [3.05, 3.63) is 27.7 Å². The van der Waals surface area contributed by atoms with Gasteiger partial charge in [-0.25, -0.2) is 27.8 Å². The third-order valence-corrected chi connectivity index (χ3v) is 4.91. The molecule has 0 unspecified atom stereocenters. The largest absolute Gasteiger partial charge is 0.488 e. The molecule has 2 aliphatic heterocycles. The number of fused-ring (bicyclic) bond motifs is 3. The monoisotopic (exact) mass is 465 g/mol. The number of nitrogens with zero attached hydrogens (tertiary/aromatic N) is 3. The fraction of sp³-hybridized carbons (Fsp3) is 0.333. The molecule has 1 aromatic carbocycles. The van der Waals surface area contributed by atoms with Gasteiger partial charge in [-0.15, -0.1) is 0 Å². The van der Waals surface area contributed by atoms with Crippen molar-refractivity contribution in [3.63, 3.8) is 0 Å². The highest BCUT2D eigenvalue weighted by Gasteiger charge is 2.42. The van der Waals surface area contributed by atoms with E-state index in [1.54, 1.807) is 16.7 Å². The molecule has 0 bridgehead atoms. The van der Waals surface area contributed by atoms with Gasteiger partial charge < -0.3 is 14.0 Å². The molecule has 2 aliphatic rings. The van der Waals surface area contributed by atoms with Crippen molar-refractivity contribution < 1.29 is 27.4 Å². The van der Waals surface area contributed by atoms with Crippen molar-refractivity contribution >= 4 is 34.5 Å². The summed E-state index contributed by atoms with van der Waals surface area (Å²) in [5.74, 6) is -0.0283. The van der Waals surface area contributed by atoms with Crippen LogP contribution in [0.1, 0.15) is 0 Å². The van der Waals surface area contributed by atoms with E-state index in [0.29, 0.717) is 21.5 Å². The van der Waals surface area contributed by atoms with Gasteiger partial charge in [-0.1, -0.05) is 0 Å². The molecule has 0 N–H and O–H groups in total. The number of benzene rings is 1. The van der Waals surface area contributed by atoms with E-state index in [9.17, 15) is 18.0 Å². The number of alkyl halides is 2. The number of hydrogen-bond donors (Lipinski definition) is 0. The minimum absolute atomic E-state index is 0.0506. The van der Waals surface area contributed by atoms with Crippen molar-refractivity contribution in [2.75, 3.05) is 18.1 Å². The zero-order valence-corrected chi connectivity index (χ0v) is 14.7. The standard InChI is InChI=1S/C15H11F3IN3O3/c16-11-8(19)2-1-7-12(11)24-4-3-21-5-10(20-14(7)21)22-9(13(17)18)6-25-15(22)23/h1-2,5,9,13H,3-4,6H2/t9-/m0/s1. The third kappa shape index (κ3) is 2.62. The van der Waals surface area contributed by atoms with E-state index in [4.69, 9.17) is 9.47 Å². The number of rotatable bonds is 2. The van der Waals surface area contributed by atoms with Crippen LogP contribution >= 0.6 is 22.6 Å². The fourth-order valence-corrected chi connectivity index (χ4v) is 3.31. The molecule has 0 radical (unpaired) electrons. The predicted octanol–water partition coefficient (Wildman–Crippen LogP) is 3.28. The van der Waals surface area contributed by atoms with E-state index in [1.807, 2.05) is 22.6 Å². The van der Waals surface area contributed by atoms with Gasteiger partial charge in [0.05, 0.1) is 15.7 Å². The van der Waals surface area contributed by atoms with Gasteiger partial charge in [-0.2, -0.15) is 0 Å². The Morgan fingerprint density at radius 3 is 2.88 bits per heavy atom. The van der Waals surface area contributed by atoms with Crippen molar-refractivity contribution in [2.24, 2.45) is 0 Å².